The SMILES string of the molecule is CC(C)(CN)CCS(=O)c1ccc2ccccc2c1. The van der Waals surface area contributed by atoms with Crippen LogP contribution in [0.3, 0.4) is 0 Å². The predicted molar refractivity (Wildman–Crippen MR) is 82.7 cm³/mol. The Morgan fingerprint density at radius 3 is 2.47 bits per heavy atom. The van der Waals surface area contributed by atoms with Gasteiger partial charge < -0.3 is 5.73 Å². The first-order valence-corrected chi connectivity index (χ1v) is 7.91. The minimum Gasteiger partial charge on any atom is -0.330 e. The number of rotatable bonds is 5. The molecule has 0 radical (unpaired) electrons. The molecule has 0 fully saturated rings. The maximum absolute atomic E-state index is 12.3. The molecule has 0 aliphatic rings. The van der Waals surface area contributed by atoms with Crippen molar-refractivity contribution in [2.45, 2.75) is 25.2 Å². The maximum atomic E-state index is 12.3. The molecular formula is C16H21NOS. The minimum absolute atomic E-state index is 0.0620. The molecule has 3 heteroatoms. The van der Waals surface area contributed by atoms with E-state index in [1.54, 1.807) is 0 Å². The van der Waals surface area contributed by atoms with Crippen LogP contribution in [0.2, 0.25) is 0 Å². The summed E-state index contributed by atoms with van der Waals surface area (Å²) >= 11 is 0. The number of hydrogen-bond donors (Lipinski definition) is 1. The van der Waals surface area contributed by atoms with E-state index in [0.717, 1.165) is 16.7 Å². The van der Waals surface area contributed by atoms with E-state index in [1.807, 2.05) is 30.3 Å². The van der Waals surface area contributed by atoms with Gasteiger partial charge in [0.2, 0.25) is 0 Å². The van der Waals surface area contributed by atoms with Crippen molar-refractivity contribution >= 4 is 21.6 Å². The molecule has 2 rings (SSSR count). The first-order chi connectivity index (χ1) is 9.02. The average molecular weight is 275 g/mol. The molecule has 0 spiro atoms. The normalized spacial score (nSPS) is 13.6. The largest absolute Gasteiger partial charge is 0.330 e. The van der Waals surface area contributed by atoms with E-state index in [9.17, 15) is 4.21 Å². The fourth-order valence-corrected chi connectivity index (χ4v) is 3.35. The Balaban J connectivity index is 2.13. The zero-order valence-electron chi connectivity index (χ0n) is 11.6. The third-order valence-corrected chi connectivity index (χ3v) is 4.86. The minimum atomic E-state index is -0.943. The molecule has 1 atom stereocenters. The van der Waals surface area contributed by atoms with Gasteiger partial charge in [-0.2, -0.15) is 0 Å². The van der Waals surface area contributed by atoms with Crippen molar-refractivity contribution in [3.8, 4) is 0 Å². The zero-order chi connectivity index (χ0) is 13.9. The molecule has 0 aliphatic heterocycles. The van der Waals surface area contributed by atoms with Gasteiger partial charge in [-0.3, -0.25) is 4.21 Å². The molecule has 19 heavy (non-hydrogen) atoms. The van der Waals surface area contributed by atoms with E-state index in [1.165, 1.54) is 5.39 Å². The lowest BCUT2D eigenvalue weighted by atomic mass is 9.91. The average Bonchev–Trinajstić information content (AvgIpc) is 2.44. The second-order valence-electron chi connectivity index (χ2n) is 5.68. The first-order valence-electron chi connectivity index (χ1n) is 6.59. The van der Waals surface area contributed by atoms with Gasteiger partial charge in [0.15, 0.2) is 0 Å². The van der Waals surface area contributed by atoms with E-state index >= 15 is 0 Å². The summed E-state index contributed by atoms with van der Waals surface area (Å²) in [5.41, 5.74) is 5.77. The Kier molecular flexibility index (Phi) is 4.38. The maximum Gasteiger partial charge on any atom is 0.0529 e. The fourth-order valence-electron chi connectivity index (χ4n) is 1.90. The van der Waals surface area contributed by atoms with E-state index in [-0.39, 0.29) is 5.41 Å². The van der Waals surface area contributed by atoms with Crippen LogP contribution in [0.5, 0.6) is 0 Å². The van der Waals surface area contributed by atoms with Crippen LogP contribution in [-0.4, -0.2) is 16.5 Å². The Morgan fingerprint density at radius 2 is 1.79 bits per heavy atom. The van der Waals surface area contributed by atoms with Gasteiger partial charge in [-0.05, 0) is 41.3 Å². The molecule has 2 nitrogen and oxygen atoms in total. The molecule has 2 N–H and O–H groups in total. The molecule has 0 bridgehead atoms. The van der Waals surface area contributed by atoms with Gasteiger partial charge in [0, 0.05) is 10.6 Å². The lowest BCUT2D eigenvalue weighted by Gasteiger charge is -2.21. The predicted octanol–water partition coefficient (Wildman–Crippen LogP) is 3.32. The molecule has 0 saturated heterocycles. The fraction of sp³-hybridized carbons (Fsp3) is 0.375. The topological polar surface area (TPSA) is 43.1 Å². The molecule has 0 saturated carbocycles. The highest BCUT2D eigenvalue weighted by Crippen LogP contribution is 2.22. The Bertz CT molecular complexity index is 592. The van der Waals surface area contributed by atoms with Crippen molar-refractivity contribution in [2.24, 2.45) is 11.1 Å². The molecule has 0 amide bonds. The van der Waals surface area contributed by atoms with Gasteiger partial charge in [0.25, 0.3) is 0 Å². The van der Waals surface area contributed by atoms with Crippen molar-refractivity contribution in [1.29, 1.82) is 0 Å². The van der Waals surface area contributed by atoms with Crippen LogP contribution in [0, 0.1) is 5.41 Å². The van der Waals surface area contributed by atoms with E-state index in [0.29, 0.717) is 12.3 Å². The smallest absolute Gasteiger partial charge is 0.0529 e. The van der Waals surface area contributed by atoms with Crippen LogP contribution in [0.25, 0.3) is 10.8 Å². The molecular weight excluding hydrogens is 254 g/mol. The summed E-state index contributed by atoms with van der Waals surface area (Å²) in [6.45, 7) is 4.86. The van der Waals surface area contributed by atoms with Crippen LogP contribution < -0.4 is 5.73 Å². The van der Waals surface area contributed by atoms with E-state index in [4.69, 9.17) is 5.73 Å². The van der Waals surface area contributed by atoms with Crippen LogP contribution >= 0.6 is 0 Å². The zero-order valence-corrected chi connectivity index (χ0v) is 12.4. The van der Waals surface area contributed by atoms with Crippen LogP contribution in [-0.2, 0) is 10.8 Å². The van der Waals surface area contributed by atoms with Gasteiger partial charge in [0.1, 0.15) is 0 Å². The van der Waals surface area contributed by atoms with Crippen molar-refractivity contribution in [3.05, 3.63) is 42.5 Å². The van der Waals surface area contributed by atoms with Crippen molar-refractivity contribution in [2.75, 3.05) is 12.3 Å². The second-order valence-corrected chi connectivity index (χ2v) is 7.25. The number of nitrogens with two attached hydrogens (primary N) is 1. The van der Waals surface area contributed by atoms with E-state index in [2.05, 4.69) is 26.0 Å². The first kappa shape index (κ1) is 14.2. The van der Waals surface area contributed by atoms with Gasteiger partial charge in [-0.25, -0.2) is 0 Å². The summed E-state index contributed by atoms with van der Waals surface area (Å²) in [7, 11) is -0.943. The summed E-state index contributed by atoms with van der Waals surface area (Å²) in [5, 5.41) is 2.33. The molecule has 2 aromatic carbocycles. The van der Waals surface area contributed by atoms with Crippen molar-refractivity contribution in [3.63, 3.8) is 0 Å². The summed E-state index contributed by atoms with van der Waals surface area (Å²) in [6, 6.07) is 14.2. The molecule has 1 unspecified atom stereocenters. The van der Waals surface area contributed by atoms with Crippen molar-refractivity contribution < 1.29 is 4.21 Å². The standard InChI is InChI=1S/C16H21NOS/c1-16(2,12-17)9-10-19(18)15-8-7-13-5-3-4-6-14(13)11-15/h3-8,11H,9-10,12,17H2,1-2H3. The number of fused-ring (bicyclic) bond motifs is 1. The van der Waals surface area contributed by atoms with Crippen molar-refractivity contribution in [1.82, 2.24) is 0 Å². The third-order valence-electron chi connectivity index (χ3n) is 3.50. The van der Waals surface area contributed by atoms with E-state index < -0.39 is 10.8 Å². The summed E-state index contributed by atoms with van der Waals surface area (Å²) in [4.78, 5) is 0.909. The monoisotopic (exact) mass is 275 g/mol. The molecule has 102 valence electrons. The van der Waals surface area contributed by atoms with Gasteiger partial charge >= 0.3 is 0 Å². The van der Waals surface area contributed by atoms with Gasteiger partial charge in [-0.15, -0.1) is 0 Å². The summed E-state index contributed by atoms with van der Waals surface area (Å²) in [6.07, 6.45) is 0.878. The number of benzene rings is 2. The molecule has 0 aromatic heterocycles. The highest BCUT2D eigenvalue weighted by molar-refractivity contribution is 7.85. The van der Waals surface area contributed by atoms with Crippen LogP contribution in [0.4, 0.5) is 0 Å². The highest BCUT2D eigenvalue weighted by Gasteiger charge is 2.17. The lowest BCUT2D eigenvalue weighted by molar-refractivity contribution is 0.367. The van der Waals surface area contributed by atoms with Gasteiger partial charge in [-0.1, -0.05) is 44.2 Å². The molecule has 2 aromatic rings. The summed E-state index contributed by atoms with van der Waals surface area (Å²) in [5.74, 6) is 0.669. The highest BCUT2D eigenvalue weighted by atomic mass is 32.2. The number of hydrogen-bond acceptors (Lipinski definition) is 2. The van der Waals surface area contributed by atoms with Crippen LogP contribution in [0.1, 0.15) is 20.3 Å². The van der Waals surface area contributed by atoms with Crippen LogP contribution in [0.15, 0.2) is 47.4 Å². The quantitative estimate of drug-likeness (QED) is 0.909. The lowest BCUT2D eigenvalue weighted by Crippen LogP contribution is -2.25. The Labute approximate surface area is 117 Å². The summed E-state index contributed by atoms with van der Waals surface area (Å²) < 4.78 is 12.3. The third kappa shape index (κ3) is 3.64. The Morgan fingerprint density at radius 1 is 1.11 bits per heavy atom. The van der Waals surface area contributed by atoms with Gasteiger partial charge in [0.05, 0.1) is 10.8 Å². The second kappa shape index (κ2) is 5.85. The Hall–Kier alpha value is -1.19. The molecule has 0 heterocycles. The molecule has 0 aliphatic carbocycles.